The molecule has 0 heterocycles. The summed E-state index contributed by atoms with van der Waals surface area (Å²) in [4.78, 5) is 0. The van der Waals surface area contributed by atoms with Crippen LogP contribution in [0.25, 0.3) is 0 Å². The van der Waals surface area contributed by atoms with Crippen LogP contribution in [0.5, 0.6) is 0 Å². The Morgan fingerprint density at radius 1 is 0.312 bits per heavy atom. The number of benzene rings is 3. The lowest BCUT2D eigenvalue weighted by Crippen LogP contribution is -2.35. The van der Waals surface area contributed by atoms with Crippen molar-refractivity contribution in [2.24, 2.45) is 0 Å². The second kappa shape index (κ2) is 19.2. The first-order valence-corrected chi connectivity index (χ1v) is 14.9. The zero-order valence-electron chi connectivity index (χ0n) is 26.0. The fourth-order valence-corrected chi connectivity index (χ4v) is 4.10. The highest BCUT2D eigenvalue weighted by atomic mass is 19.3. The van der Waals surface area contributed by atoms with Gasteiger partial charge in [-0.2, -0.15) is 0 Å². The van der Waals surface area contributed by atoms with Crippen molar-refractivity contribution in [3.05, 3.63) is 107 Å². The molecule has 0 saturated heterocycles. The number of halogens is 8. The maximum Gasteiger partial charge on any atom is 0.293 e. The zero-order chi connectivity index (χ0) is 34.9. The molecule has 0 bridgehead atoms. The van der Waals surface area contributed by atoms with Crippen molar-refractivity contribution in [2.45, 2.75) is 50.1 Å². The van der Waals surface area contributed by atoms with Gasteiger partial charge in [-0.1, -0.05) is 84.9 Å². The molecule has 0 amide bonds. The molecule has 0 unspecified atom stereocenters. The van der Waals surface area contributed by atoms with Crippen molar-refractivity contribution in [3.8, 4) is 0 Å². The van der Waals surface area contributed by atoms with Crippen LogP contribution < -0.4 is 0 Å². The molecule has 3 aromatic carbocycles. The molecule has 0 saturated carbocycles. The quantitative estimate of drug-likeness (QED) is 0.0896. The van der Waals surface area contributed by atoms with Crippen molar-refractivity contribution in [3.63, 3.8) is 0 Å². The van der Waals surface area contributed by atoms with Gasteiger partial charge < -0.3 is 28.4 Å². The Morgan fingerprint density at radius 3 is 0.875 bits per heavy atom. The van der Waals surface area contributed by atoms with Gasteiger partial charge in [-0.3, -0.25) is 0 Å². The fourth-order valence-electron chi connectivity index (χ4n) is 4.10. The molecule has 0 aromatic heterocycles. The normalized spacial score (nSPS) is 12.8. The molecular weight excluding hydrogens is 656 g/mol. The third kappa shape index (κ3) is 16.8. The van der Waals surface area contributed by atoms with E-state index in [4.69, 9.17) is 18.9 Å². The third-order valence-corrected chi connectivity index (χ3v) is 6.26. The Morgan fingerprint density at radius 2 is 0.562 bits per heavy atom. The van der Waals surface area contributed by atoms with Crippen molar-refractivity contribution in [1.82, 2.24) is 0 Å². The van der Waals surface area contributed by atoms with Crippen LogP contribution in [-0.2, 0) is 54.8 Å². The second-order valence-corrected chi connectivity index (χ2v) is 11.2. The van der Waals surface area contributed by atoms with Crippen molar-refractivity contribution in [1.29, 1.82) is 0 Å². The highest BCUT2D eigenvalue weighted by Crippen LogP contribution is 2.22. The Balaban J connectivity index is 1.28. The van der Waals surface area contributed by atoms with E-state index in [1.807, 2.05) is 0 Å². The largest absolute Gasteiger partial charge is 0.370 e. The van der Waals surface area contributed by atoms with Gasteiger partial charge in [0.05, 0.1) is 26.4 Å². The fraction of sp³-hybridized carbons (Fsp3) is 0.471. The highest BCUT2D eigenvalue weighted by molar-refractivity contribution is 5.22. The van der Waals surface area contributed by atoms with Gasteiger partial charge in [-0.15, -0.1) is 0 Å². The molecule has 0 N–H and O–H groups in total. The van der Waals surface area contributed by atoms with Crippen LogP contribution in [-0.4, -0.2) is 76.5 Å². The smallest absolute Gasteiger partial charge is 0.293 e. The topological polar surface area (TPSA) is 55.4 Å². The molecule has 0 spiro atoms. The summed E-state index contributed by atoms with van der Waals surface area (Å²) < 4.78 is 141. The molecule has 48 heavy (non-hydrogen) atoms. The summed E-state index contributed by atoms with van der Waals surface area (Å²) in [6, 6.07) is 23.3. The zero-order valence-corrected chi connectivity index (χ0v) is 26.0. The first-order chi connectivity index (χ1) is 22.7. The summed E-state index contributed by atoms with van der Waals surface area (Å²) in [6.07, 6.45) is 0. The molecule has 0 aliphatic rings. The summed E-state index contributed by atoms with van der Waals surface area (Å²) in [5.74, 6) is -14.1. The SMILES string of the molecule is FC(F)(COCc1ccccc1)COCC(F)(F)COCc1cccc(COCC(F)(F)COCC(F)(F)COCc2ccccc2)c1. The molecule has 0 aliphatic heterocycles. The summed E-state index contributed by atoms with van der Waals surface area (Å²) in [6.45, 7) is -10.1. The Kier molecular flexibility index (Phi) is 15.7. The van der Waals surface area contributed by atoms with Crippen molar-refractivity contribution in [2.75, 3.05) is 52.9 Å². The van der Waals surface area contributed by atoms with E-state index in [1.165, 1.54) is 12.1 Å². The van der Waals surface area contributed by atoms with Gasteiger partial charge in [0, 0.05) is 0 Å². The molecule has 3 aromatic rings. The van der Waals surface area contributed by atoms with Crippen LogP contribution in [0.3, 0.4) is 0 Å². The summed E-state index contributed by atoms with van der Waals surface area (Å²) >= 11 is 0. The molecule has 0 fully saturated rings. The minimum absolute atomic E-state index is 0.0636. The van der Waals surface area contributed by atoms with Crippen LogP contribution in [0.15, 0.2) is 84.9 Å². The van der Waals surface area contributed by atoms with E-state index in [0.717, 1.165) is 0 Å². The molecule has 0 radical (unpaired) electrons. The number of alkyl halides is 8. The number of hydrogen-bond donors (Lipinski definition) is 0. The lowest BCUT2D eigenvalue weighted by molar-refractivity contribution is -0.168. The molecule has 0 atom stereocenters. The maximum atomic E-state index is 14.1. The van der Waals surface area contributed by atoms with E-state index in [9.17, 15) is 35.1 Å². The number of hydrogen-bond acceptors (Lipinski definition) is 6. The monoisotopic (exact) mass is 694 g/mol. The average molecular weight is 695 g/mol. The summed E-state index contributed by atoms with van der Waals surface area (Å²) in [5, 5.41) is 0. The van der Waals surface area contributed by atoms with E-state index in [-0.39, 0.29) is 26.4 Å². The minimum atomic E-state index is -3.56. The molecule has 266 valence electrons. The lowest BCUT2D eigenvalue weighted by Gasteiger charge is -2.20. The van der Waals surface area contributed by atoms with Gasteiger partial charge in [-0.25, -0.2) is 35.1 Å². The van der Waals surface area contributed by atoms with Crippen LogP contribution in [0.4, 0.5) is 35.1 Å². The predicted molar refractivity (Wildman–Crippen MR) is 159 cm³/mol. The molecule has 14 heteroatoms. The van der Waals surface area contributed by atoms with Gasteiger partial charge in [-0.05, 0) is 22.3 Å². The van der Waals surface area contributed by atoms with Crippen LogP contribution in [0.2, 0.25) is 0 Å². The van der Waals surface area contributed by atoms with E-state index in [0.29, 0.717) is 22.3 Å². The van der Waals surface area contributed by atoms with E-state index in [2.05, 4.69) is 9.47 Å². The van der Waals surface area contributed by atoms with E-state index < -0.39 is 76.5 Å². The number of rotatable bonds is 24. The second-order valence-electron chi connectivity index (χ2n) is 11.2. The van der Waals surface area contributed by atoms with Gasteiger partial charge in [0.2, 0.25) is 0 Å². The Labute approximate surface area is 273 Å². The van der Waals surface area contributed by atoms with Gasteiger partial charge >= 0.3 is 0 Å². The molecule has 0 aliphatic carbocycles. The summed E-state index contributed by atoms with van der Waals surface area (Å²) in [5.41, 5.74) is 2.20. The van der Waals surface area contributed by atoms with Gasteiger partial charge in [0.25, 0.3) is 23.7 Å². The Bertz CT molecular complexity index is 1220. The standard InChI is InChI=1S/C34H38F8O6/c35-31(36,19-43-15-27-8-3-1-4-9-27)23-47-25-33(39,40)21-45-17-29-12-7-13-30(14-29)18-46-22-34(41,42)26-48-24-32(37,38)20-44-16-28-10-5-2-6-11-28/h1-14H,15-26H2. The van der Waals surface area contributed by atoms with Crippen LogP contribution in [0, 0.1) is 0 Å². The van der Waals surface area contributed by atoms with Crippen molar-refractivity contribution < 1.29 is 63.5 Å². The van der Waals surface area contributed by atoms with Crippen LogP contribution >= 0.6 is 0 Å². The van der Waals surface area contributed by atoms with Gasteiger partial charge in [0.1, 0.15) is 52.9 Å². The number of ether oxygens (including phenoxy) is 6. The first-order valence-electron chi connectivity index (χ1n) is 14.9. The van der Waals surface area contributed by atoms with E-state index in [1.54, 1.807) is 72.8 Å². The van der Waals surface area contributed by atoms with Crippen molar-refractivity contribution >= 4 is 0 Å². The third-order valence-electron chi connectivity index (χ3n) is 6.26. The molecular formula is C34H38F8O6. The predicted octanol–water partition coefficient (Wildman–Crippen LogP) is 7.73. The average Bonchev–Trinajstić information content (AvgIpc) is 3.01. The first kappa shape index (κ1) is 39.3. The molecule has 6 nitrogen and oxygen atoms in total. The maximum absolute atomic E-state index is 14.1. The summed E-state index contributed by atoms with van der Waals surface area (Å²) in [7, 11) is 0. The molecule has 3 rings (SSSR count). The van der Waals surface area contributed by atoms with Crippen LogP contribution in [0.1, 0.15) is 22.3 Å². The van der Waals surface area contributed by atoms with E-state index >= 15 is 0 Å². The Hall–Kier alpha value is -3.14. The van der Waals surface area contributed by atoms with Gasteiger partial charge in [0.15, 0.2) is 0 Å². The minimum Gasteiger partial charge on any atom is -0.370 e. The lowest BCUT2D eigenvalue weighted by atomic mass is 10.1. The highest BCUT2D eigenvalue weighted by Gasteiger charge is 2.36.